The molecule has 1 atom stereocenters. The van der Waals surface area contributed by atoms with E-state index in [4.69, 9.17) is 30.5 Å². The third-order valence-corrected chi connectivity index (χ3v) is 5.98. The lowest BCUT2D eigenvalue weighted by Gasteiger charge is -2.13. The molecule has 0 fully saturated rings. The van der Waals surface area contributed by atoms with Gasteiger partial charge < -0.3 is 28.6 Å². The van der Waals surface area contributed by atoms with Crippen LogP contribution in [0.1, 0.15) is 5.56 Å². The first kappa shape index (κ1) is 23.7. The average molecular weight is 467 g/mol. The molecule has 1 aromatic heterocycles. The number of aromatic nitrogens is 2. The molecule has 0 saturated carbocycles. The molecule has 0 aliphatic carbocycles. The Morgan fingerprint density at radius 3 is 2.65 bits per heavy atom. The Morgan fingerprint density at radius 2 is 1.90 bits per heavy atom. The summed E-state index contributed by atoms with van der Waals surface area (Å²) < 4.78 is 23.5. The zero-order valence-electron chi connectivity index (χ0n) is 17.8. The fraction of sp³-hybridized carbons (Fsp3) is 0.409. The maximum atomic E-state index is 10.4. The van der Waals surface area contributed by atoms with Gasteiger partial charge in [-0.25, -0.2) is 4.98 Å². The Bertz CT molecular complexity index is 997. The number of ether oxygens (including phenoxy) is 4. The standard InChI is InChI=1S/C22H27ClN2O5S/c1-27-9-8-25-19-6-5-16(23)11-18(19)24-22(25)31-14-17(26)13-30-12-15-4-7-20(28-2)21(10-15)29-3/h4-7,10-11,17,26H,8-9,12-14H2,1-3H3. The van der Waals surface area contributed by atoms with Gasteiger partial charge in [-0.3, -0.25) is 0 Å². The Morgan fingerprint density at radius 1 is 1.10 bits per heavy atom. The smallest absolute Gasteiger partial charge is 0.169 e. The van der Waals surface area contributed by atoms with E-state index in [0.29, 0.717) is 42.0 Å². The van der Waals surface area contributed by atoms with Crippen LogP contribution in [0, 0.1) is 0 Å². The van der Waals surface area contributed by atoms with Crippen molar-refractivity contribution in [3.05, 3.63) is 47.0 Å². The topological polar surface area (TPSA) is 75.0 Å². The minimum Gasteiger partial charge on any atom is -0.493 e. The molecule has 0 aliphatic rings. The monoisotopic (exact) mass is 466 g/mol. The number of halogens is 1. The predicted molar refractivity (Wildman–Crippen MR) is 123 cm³/mol. The Labute approximate surface area is 191 Å². The number of fused-ring (bicyclic) bond motifs is 1. The SMILES string of the molecule is COCCn1c(SCC(O)COCc2ccc(OC)c(OC)c2)nc2cc(Cl)ccc21. The molecule has 0 aliphatic heterocycles. The average Bonchev–Trinajstić information content (AvgIpc) is 3.12. The molecule has 2 aromatic carbocycles. The summed E-state index contributed by atoms with van der Waals surface area (Å²) in [5.74, 6) is 1.77. The highest BCUT2D eigenvalue weighted by Crippen LogP contribution is 2.28. The number of methoxy groups -OCH3 is 3. The molecule has 0 bridgehead atoms. The molecule has 1 N–H and O–H groups in total. The van der Waals surface area contributed by atoms with Crippen LogP contribution >= 0.6 is 23.4 Å². The molecular formula is C22H27ClN2O5S. The number of rotatable bonds is 12. The van der Waals surface area contributed by atoms with Crippen LogP contribution in [0.3, 0.4) is 0 Å². The number of thioether (sulfide) groups is 1. The predicted octanol–water partition coefficient (Wildman–Crippen LogP) is 4.02. The van der Waals surface area contributed by atoms with Crippen molar-refractivity contribution in [2.45, 2.75) is 24.4 Å². The minimum absolute atomic E-state index is 0.214. The zero-order valence-corrected chi connectivity index (χ0v) is 19.4. The van der Waals surface area contributed by atoms with Crippen molar-refractivity contribution < 1.29 is 24.1 Å². The van der Waals surface area contributed by atoms with Crippen molar-refractivity contribution in [3.8, 4) is 11.5 Å². The van der Waals surface area contributed by atoms with Crippen molar-refractivity contribution in [1.82, 2.24) is 9.55 Å². The van der Waals surface area contributed by atoms with Gasteiger partial charge in [0, 0.05) is 24.4 Å². The molecule has 0 radical (unpaired) electrons. The number of aliphatic hydroxyl groups is 1. The van der Waals surface area contributed by atoms with E-state index in [0.717, 1.165) is 21.8 Å². The summed E-state index contributed by atoms with van der Waals surface area (Å²) in [4.78, 5) is 4.67. The molecule has 3 aromatic rings. The molecule has 168 valence electrons. The van der Waals surface area contributed by atoms with Gasteiger partial charge in [0.25, 0.3) is 0 Å². The molecule has 0 amide bonds. The second-order valence-electron chi connectivity index (χ2n) is 6.84. The summed E-state index contributed by atoms with van der Waals surface area (Å²) >= 11 is 7.58. The van der Waals surface area contributed by atoms with Crippen LogP contribution in [0.25, 0.3) is 11.0 Å². The molecular weight excluding hydrogens is 440 g/mol. The van der Waals surface area contributed by atoms with Crippen molar-refractivity contribution in [3.63, 3.8) is 0 Å². The van der Waals surface area contributed by atoms with Gasteiger partial charge >= 0.3 is 0 Å². The van der Waals surface area contributed by atoms with E-state index in [1.54, 1.807) is 21.3 Å². The van der Waals surface area contributed by atoms with Crippen LogP contribution in [0.4, 0.5) is 0 Å². The summed E-state index contributed by atoms with van der Waals surface area (Å²) in [7, 11) is 4.86. The fourth-order valence-electron chi connectivity index (χ4n) is 3.09. The second-order valence-corrected chi connectivity index (χ2v) is 8.26. The molecule has 1 unspecified atom stereocenters. The van der Waals surface area contributed by atoms with Gasteiger partial charge in [0.15, 0.2) is 16.7 Å². The minimum atomic E-state index is -0.635. The zero-order chi connectivity index (χ0) is 22.2. The van der Waals surface area contributed by atoms with Gasteiger partial charge in [0.1, 0.15) is 0 Å². The highest BCUT2D eigenvalue weighted by Gasteiger charge is 2.14. The van der Waals surface area contributed by atoms with Gasteiger partial charge in [-0.05, 0) is 35.9 Å². The molecule has 0 saturated heterocycles. The van der Waals surface area contributed by atoms with Crippen LogP contribution in [0.15, 0.2) is 41.6 Å². The maximum absolute atomic E-state index is 10.4. The van der Waals surface area contributed by atoms with Crippen LogP contribution in [-0.2, 0) is 22.6 Å². The Hall–Kier alpha value is -1.97. The van der Waals surface area contributed by atoms with Crippen molar-refractivity contribution in [2.75, 3.05) is 40.3 Å². The third-order valence-electron chi connectivity index (χ3n) is 4.63. The van der Waals surface area contributed by atoms with E-state index in [2.05, 4.69) is 9.55 Å². The van der Waals surface area contributed by atoms with Crippen LogP contribution in [0.2, 0.25) is 5.02 Å². The summed E-state index contributed by atoms with van der Waals surface area (Å²) in [5.41, 5.74) is 2.75. The van der Waals surface area contributed by atoms with Crippen molar-refractivity contribution in [1.29, 1.82) is 0 Å². The number of imidazole rings is 1. The first-order valence-electron chi connectivity index (χ1n) is 9.80. The van der Waals surface area contributed by atoms with Crippen LogP contribution in [-0.4, -0.2) is 61.1 Å². The largest absolute Gasteiger partial charge is 0.493 e. The van der Waals surface area contributed by atoms with Crippen molar-refractivity contribution >= 4 is 34.4 Å². The van der Waals surface area contributed by atoms with Gasteiger partial charge in [-0.15, -0.1) is 0 Å². The summed E-state index contributed by atoms with van der Waals surface area (Å²) in [6, 6.07) is 11.2. The third kappa shape index (κ3) is 6.27. The highest BCUT2D eigenvalue weighted by molar-refractivity contribution is 7.99. The van der Waals surface area contributed by atoms with Crippen LogP contribution < -0.4 is 9.47 Å². The molecule has 9 heteroatoms. The Balaban J connectivity index is 1.55. The normalized spacial score (nSPS) is 12.3. The Kier molecular flexibility index (Phi) is 8.86. The summed E-state index contributed by atoms with van der Waals surface area (Å²) in [6.07, 6.45) is -0.635. The summed E-state index contributed by atoms with van der Waals surface area (Å²) in [5, 5.41) is 11.8. The fourth-order valence-corrected chi connectivity index (χ4v) is 4.20. The van der Waals surface area contributed by atoms with Crippen LogP contribution in [0.5, 0.6) is 11.5 Å². The lowest BCUT2D eigenvalue weighted by molar-refractivity contribution is 0.0397. The molecule has 3 rings (SSSR count). The van der Waals surface area contributed by atoms with Gasteiger partial charge in [-0.2, -0.15) is 0 Å². The highest BCUT2D eigenvalue weighted by atomic mass is 35.5. The number of hydrogen-bond donors (Lipinski definition) is 1. The maximum Gasteiger partial charge on any atom is 0.169 e. The molecule has 31 heavy (non-hydrogen) atoms. The molecule has 7 nitrogen and oxygen atoms in total. The van der Waals surface area contributed by atoms with E-state index in [1.807, 2.05) is 36.4 Å². The number of hydrogen-bond acceptors (Lipinski definition) is 7. The number of benzene rings is 2. The number of aliphatic hydroxyl groups excluding tert-OH is 1. The van der Waals surface area contributed by atoms with Gasteiger partial charge in [0.2, 0.25) is 0 Å². The van der Waals surface area contributed by atoms with Gasteiger partial charge in [0.05, 0.1) is 51.2 Å². The number of nitrogens with zero attached hydrogens (tertiary/aromatic N) is 2. The van der Waals surface area contributed by atoms with E-state index in [9.17, 15) is 5.11 Å². The lowest BCUT2D eigenvalue weighted by atomic mass is 10.2. The molecule has 0 spiro atoms. The van der Waals surface area contributed by atoms with Gasteiger partial charge in [-0.1, -0.05) is 29.4 Å². The first-order valence-corrected chi connectivity index (χ1v) is 11.2. The quantitative estimate of drug-likeness (QED) is 0.404. The second kappa shape index (κ2) is 11.6. The van der Waals surface area contributed by atoms with E-state index in [1.165, 1.54) is 11.8 Å². The summed E-state index contributed by atoms with van der Waals surface area (Å²) in [6.45, 7) is 1.82. The van der Waals surface area contributed by atoms with E-state index < -0.39 is 6.10 Å². The van der Waals surface area contributed by atoms with Crippen molar-refractivity contribution in [2.24, 2.45) is 0 Å². The van der Waals surface area contributed by atoms with E-state index >= 15 is 0 Å². The molecule has 1 heterocycles. The first-order chi connectivity index (χ1) is 15.0. The lowest BCUT2D eigenvalue weighted by Crippen LogP contribution is -2.18. The van der Waals surface area contributed by atoms with E-state index in [-0.39, 0.29) is 6.61 Å².